The number of amides is 2. The maximum Gasteiger partial charge on any atom is 0.268 e. The van der Waals surface area contributed by atoms with Crippen molar-refractivity contribution in [3.8, 4) is 5.75 Å². The number of carbonyl (C=O) groups is 2. The van der Waals surface area contributed by atoms with Gasteiger partial charge in [-0.2, -0.15) is 0 Å². The van der Waals surface area contributed by atoms with Crippen LogP contribution in [0.2, 0.25) is 0 Å². The van der Waals surface area contributed by atoms with E-state index in [1.165, 1.54) is 17.0 Å². The molecule has 1 atom stereocenters. The summed E-state index contributed by atoms with van der Waals surface area (Å²) >= 11 is 0. The Morgan fingerprint density at radius 2 is 1.74 bits per heavy atom. The van der Waals surface area contributed by atoms with Crippen molar-refractivity contribution in [2.75, 3.05) is 11.4 Å². The summed E-state index contributed by atoms with van der Waals surface area (Å²) < 4.78 is 32.3. The quantitative estimate of drug-likeness (QED) is 0.864. The molecule has 0 aliphatic carbocycles. The Morgan fingerprint density at radius 1 is 1.11 bits per heavy atom. The molecule has 1 unspecified atom stereocenters. The van der Waals surface area contributed by atoms with E-state index >= 15 is 0 Å². The van der Waals surface area contributed by atoms with E-state index in [0.29, 0.717) is 11.4 Å². The van der Waals surface area contributed by atoms with Crippen LogP contribution in [0.1, 0.15) is 18.1 Å². The maximum absolute atomic E-state index is 12.5. The van der Waals surface area contributed by atoms with Crippen molar-refractivity contribution in [1.29, 1.82) is 0 Å². The van der Waals surface area contributed by atoms with Crippen LogP contribution in [0, 0.1) is 13.8 Å². The number of rotatable bonds is 4. The normalized spacial score (nSPS) is 16.5. The van der Waals surface area contributed by atoms with Gasteiger partial charge in [-0.1, -0.05) is 23.8 Å². The summed E-state index contributed by atoms with van der Waals surface area (Å²) in [4.78, 5) is 26.1. The molecular weight excluding hydrogens is 368 g/mol. The van der Waals surface area contributed by atoms with E-state index in [4.69, 9.17) is 4.74 Å². The Morgan fingerprint density at radius 3 is 2.41 bits per heavy atom. The molecule has 1 aliphatic heterocycles. The Kier molecular flexibility index (Phi) is 4.93. The number of sulfonamides is 1. The molecule has 7 nitrogen and oxygen atoms in total. The number of hydrogen-bond acceptors (Lipinski definition) is 5. The largest absolute Gasteiger partial charge is 0.479 e. The second kappa shape index (κ2) is 7.03. The van der Waals surface area contributed by atoms with Crippen molar-refractivity contribution in [1.82, 2.24) is 4.72 Å². The second-order valence-electron chi connectivity index (χ2n) is 6.50. The van der Waals surface area contributed by atoms with Crippen molar-refractivity contribution in [3.05, 3.63) is 53.6 Å². The lowest BCUT2D eigenvalue weighted by Gasteiger charge is -2.32. The third-order valence-corrected chi connectivity index (χ3v) is 5.59. The number of nitrogens with zero attached hydrogens (tertiary/aromatic N) is 1. The molecule has 3 rings (SSSR count). The van der Waals surface area contributed by atoms with Crippen LogP contribution in [-0.2, 0) is 19.6 Å². The molecule has 8 heteroatoms. The van der Waals surface area contributed by atoms with Crippen LogP contribution in [0.25, 0.3) is 0 Å². The summed E-state index contributed by atoms with van der Waals surface area (Å²) in [5.74, 6) is -0.733. The first kappa shape index (κ1) is 18.9. The number of fused-ring (bicyclic) bond motifs is 1. The molecule has 0 saturated carbocycles. The summed E-state index contributed by atoms with van der Waals surface area (Å²) in [5, 5.41) is 0. The standard InChI is InChI=1S/C19H20N2O5S/c1-12-4-7-15(8-5-12)27(24,25)20-18(22)11-21-16-10-13(2)6-9-17(16)26-14(3)19(21)23/h4-10,14H,11H2,1-3H3,(H,20,22). The lowest BCUT2D eigenvalue weighted by Crippen LogP contribution is -2.49. The highest BCUT2D eigenvalue weighted by atomic mass is 32.2. The third-order valence-electron chi connectivity index (χ3n) is 4.20. The summed E-state index contributed by atoms with van der Waals surface area (Å²) in [6.45, 7) is 4.84. The van der Waals surface area contributed by atoms with Crippen LogP contribution >= 0.6 is 0 Å². The first-order valence-electron chi connectivity index (χ1n) is 8.38. The van der Waals surface area contributed by atoms with Crippen LogP contribution in [0.5, 0.6) is 5.75 Å². The van der Waals surface area contributed by atoms with E-state index in [1.54, 1.807) is 31.2 Å². The summed E-state index contributed by atoms with van der Waals surface area (Å²) in [7, 11) is -4.01. The molecule has 2 aromatic rings. The van der Waals surface area contributed by atoms with Gasteiger partial charge in [0.15, 0.2) is 6.10 Å². The highest BCUT2D eigenvalue weighted by Crippen LogP contribution is 2.34. The van der Waals surface area contributed by atoms with Crippen molar-refractivity contribution < 1.29 is 22.7 Å². The molecule has 0 bridgehead atoms. The fourth-order valence-corrected chi connectivity index (χ4v) is 3.76. The van der Waals surface area contributed by atoms with Crippen LogP contribution in [0.4, 0.5) is 5.69 Å². The lowest BCUT2D eigenvalue weighted by atomic mass is 10.1. The van der Waals surface area contributed by atoms with Gasteiger partial charge in [0.05, 0.1) is 10.6 Å². The Balaban J connectivity index is 1.82. The minimum atomic E-state index is -4.01. The number of ether oxygens (including phenoxy) is 1. The van der Waals surface area contributed by atoms with E-state index in [-0.39, 0.29) is 4.90 Å². The highest BCUT2D eigenvalue weighted by molar-refractivity contribution is 7.90. The van der Waals surface area contributed by atoms with Crippen LogP contribution in [0.15, 0.2) is 47.4 Å². The van der Waals surface area contributed by atoms with Gasteiger partial charge in [0.1, 0.15) is 12.3 Å². The molecule has 0 aromatic heterocycles. The predicted octanol–water partition coefficient (Wildman–Crippen LogP) is 1.92. The zero-order valence-corrected chi connectivity index (χ0v) is 16.0. The van der Waals surface area contributed by atoms with Gasteiger partial charge in [-0.25, -0.2) is 13.1 Å². The van der Waals surface area contributed by atoms with Crippen LogP contribution < -0.4 is 14.4 Å². The summed E-state index contributed by atoms with van der Waals surface area (Å²) in [6.07, 6.45) is -0.762. The van der Waals surface area contributed by atoms with E-state index in [2.05, 4.69) is 0 Å². The van der Waals surface area contributed by atoms with Crippen LogP contribution in [0.3, 0.4) is 0 Å². The third kappa shape index (κ3) is 3.95. The molecular formula is C19H20N2O5S. The van der Waals surface area contributed by atoms with Gasteiger partial charge in [0.2, 0.25) is 0 Å². The molecule has 142 valence electrons. The molecule has 1 aliphatic rings. The molecule has 1 N–H and O–H groups in total. The molecule has 27 heavy (non-hydrogen) atoms. The number of carbonyl (C=O) groups excluding carboxylic acids is 2. The molecule has 2 aromatic carbocycles. The van der Waals surface area contributed by atoms with E-state index in [9.17, 15) is 18.0 Å². The molecule has 1 heterocycles. The number of anilines is 1. The molecule has 0 spiro atoms. The molecule has 0 saturated heterocycles. The molecule has 2 amide bonds. The van der Waals surface area contributed by atoms with Gasteiger partial charge in [-0.15, -0.1) is 0 Å². The number of benzene rings is 2. The predicted molar refractivity (Wildman–Crippen MR) is 100 cm³/mol. The minimum absolute atomic E-state index is 0.0145. The monoisotopic (exact) mass is 388 g/mol. The van der Waals surface area contributed by atoms with Gasteiger partial charge >= 0.3 is 0 Å². The fourth-order valence-electron chi connectivity index (χ4n) is 2.78. The minimum Gasteiger partial charge on any atom is -0.479 e. The SMILES string of the molecule is Cc1ccc(S(=O)(=O)NC(=O)CN2C(=O)C(C)Oc3ccc(C)cc32)cc1. The zero-order chi connectivity index (χ0) is 19.8. The van der Waals surface area contributed by atoms with Crippen molar-refractivity contribution >= 4 is 27.5 Å². The smallest absolute Gasteiger partial charge is 0.268 e. The van der Waals surface area contributed by atoms with Gasteiger partial charge in [-0.3, -0.25) is 14.5 Å². The van der Waals surface area contributed by atoms with E-state index in [0.717, 1.165) is 11.1 Å². The Labute approximate surface area is 158 Å². The van der Waals surface area contributed by atoms with Gasteiger partial charge < -0.3 is 4.74 Å². The van der Waals surface area contributed by atoms with Gasteiger partial charge in [0.25, 0.3) is 21.8 Å². The van der Waals surface area contributed by atoms with Crippen molar-refractivity contribution in [3.63, 3.8) is 0 Å². The average Bonchev–Trinajstić information content (AvgIpc) is 2.59. The number of hydrogen-bond donors (Lipinski definition) is 1. The molecule has 0 fully saturated rings. The Bertz CT molecular complexity index is 999. The summed E-state index contributed by atoms with van der Waals surface area (Å²) in [5.41, 5.74) is 2.23. The second-order valence-corrected chi connectivity index (χ2v) is 8.18. The topological polar surface area (TPSA) is 92.8 Å². The van der Waals surface area contributed by atoms with Gasteiger partial charge in [-0.05, 0) is 50.6 Å². The summed E-state index contributed by atoms with van der Waals surface area (Å²) in [6, 6.07) is 11.4. The number of aryl methyl sites for hydroxylation is 2. The average molecular weight is 388 g/mol. The van der Waals surface area contributed by atoms with E-state index < -0.39 is 34.5 Å². The first-order valence-corrected chi connectivity index (χ1v) is 9.87. The number of nitrogens with one attached hydrogen (secondary N) is 1. The molecule has 0 radical (unpaired) electrons. The maximum atomic E-state index is 12.5. The van der Waals surface area contributed by atoms with Gasteiger partial charge in [0, 0.05) is 0 Å². The highest BCUT2D eigenvalue weighted by Gasteiger charge is 2.33. The lowest BCUT2D eigenvalue weighted by molar-refractivity contribution is -0.127. The fraction of sp³-hybridized carbons (Fsp3) is 0.263. The van der Waals surface area contributed by atoms with Crippen molar-refractivity contribution in [2.24, 2.45) is 0 Å². The van der Waals surface area contributed by atoms with Crippen LogP contribution in [-0.4, -0.2) is 32.9 Å². The Hall–Kier alpha value is -2.87. The first-order chi connectivity index (χ1) is 12.7. The zero-order valence-electron chi connectivity index (χ0n) is 15.2. The van der Waals surface area contributed by atoms with Crippen molar-refractivity contribution in [2.45, 2.75) is 31.8 Å². The van der Waals surface area contributed by atoms with E-state index in [1.807, 2.05) is 24.6 Å².